The number of aliphatic hydroxyl groups is 7. The largest absolute Gasteiger partial charge is 0.508 e. The number of hydrogen-bond acceptors (Lipinski definition) is 14. The molecule has 0 saturated carbocycles. The molecule has 216 valence electrons. The lowest BCUT2D eigenvalue weighted by molar-refractivity contribution is -0.277. The second-order valence-electron chi connectivity index (χ2n) is 9.65. The summed E-state index contributed by atoms with van der Waals surface area (Å²) in [7, 11) is 0. The molecular formula is C26H28O14. The van der Waals surface area contributed by atoms with Crippen LogP contribution in [0, 0.1) is 0 Å². The summed E-state index contributed by atoms with van der Waals surface area (Å²) in [6.45, 7) is -1.24. The van der Waals surface area contributed by atoms with Crippen molar-refractivity contribution < 1.29 is 64.6 Å². The van der Waals surface area contributed by atoms with Gasteiger partial charge in [0.05, 0.1) is 18.8 Å². The molecule has 2 aliphatic rings. The molecular weight excluding hydrogens is 536 g/mol. The number of benzene rings is 2. The van der Waals surface area contributed by atoms with Gasteiger partial charge in [-0.15, -0.1) is 0 Å². The number of aliphatic hydroxyl groups excluding tert-OH is 7. The maximum absolute atomic E-state index is 13.5. The molecule has 14 nitrogen and oxygen atoms in total. The molecule has 9 N–H and O–H groups in total. The lowest BCUT2D eigenvalue weighted by atomic mass is 9.92. The Kier molecular flexibility index (Phi) is 7.71. The molecule has 0 bridgehead atoms. The van der Waals surface area contributed by atoms with E-state index in [0.29, 0.717) is 5.56 Å². The van der Waals surface area contributed by atoms with Crippen molar-refractivity contribution in [2.45, 2.75) is 55.1 Å². The van der Waals surface area contributed by atoms with Gasteiger partial charge in [-0.1, -0.05) is 0 Å². The first-order chi connectivity index (χ1) is 19.0. The molecule has 0 amide bonds. The summed E-state index contributed by atoms with van der Waals surface area (Å²) in [6.07, 6.45) is -15.2. The Morgan fingerprint density at radius 3 is 2.25 bits per heavy atom. The van der Waals surface area contributed by atoms with Crippen LogP contribution in [-0.4, -0.2) is 108 Å². The molecule has 3 heterocycles. The SMILES string of the molecule is O=c1cc(-c2ccc(O)cc2)oc2cc(O)c(C3OCC(O)C(O)C3O)c(OC3OC(CO)C(O)C(O)C3O)c12. The summed E-state index contributed by atoms with van der Waals surface area (Å²) in [5, 5.41) is 91.6. The molecule has 14 heteroatoms. The zero-order valence-electron chi connectivity index (χ0n) is 20.6. The maximum Gasteiger partial charge on any atom is 0.229 e. The average molecular weight is 564 g/mol. The van der Waals surface area contributed by atoms with Crippen LogP contribution in [0.4, 0.5) is 0 Å². The minimum Gasteiger partial charge on any atom is -0.508 e. The number of ether oxygens (including phenoxy) is 3. The highest BCUT2D eigenvalue weighted by molar-refractivity contribution is 5.88. The normalized spacial score (nSPS) is 32.7. The van der Waals surface area contributed by atoms with Gasteiger partial charge in [-0.3, -0.25) is 4.79 Å². The Hall–Kier alpha value is -3.31. The second-order valence-corrected chi connectivity index (χ2v) is 9.65. The minimum atomic E-state index is -1.91. The van der Waals surface area contributed by atoms with Crippen LogP contribution in [0.1, 0.15) is 11.7 Å². The molecule has 2 fully saturated rings. The molecule has 0 spiro atoms. The van der Waals surface area contributed by atoms with E-state index in [-0.39, 0.29) is 28.0 Å². The van der Waals surface area contributed by atoms with Gasteiger partial charge in [0, 0.05) is 17.7 Å². The average Bonchev–Trinajstić information content (AvgIpc) is 2.92. The van der Waals surface area contributed by atoms with Gasteiger partial charge >= 0.3 is 0 Å². The molecule has 1 aromatic heterocycles. The minimum absolute atomic E-state index is 0.0252. The number of phenols is 2. The lowest BCUT2D eigenvalue weighted by Crippen LogP contribution is -2.60. The lowest BCUT2D eigenvalue weighted by Gasteiger charge is -2.40. The van der Waals surface area contributed by atoms with Gasteiger partial charge in [0.2, 0.25) is 6.29 Å². The molecule has 9 unspecified atom stereocenters. The van der Waals surface area contributed by atoms with Crippen LogP contribution >= 0.6 is 0 Å². The maximum atomic E-state index is 13.5. The monoisotopic (exact) mass is 564 g/mol. The van der Waals surface area contributed by atoms with Crippen LogP contribution < -0.4 is 10.2 Å². The zero-order chi connectivity index (χ0) is 28.9. The van der Waals surface area contributed by atoms with Crippen LogP contribution in [0.5, 0.6) is 17.2 Å². The van der Waals surface area contributed by atoms with E-state index in [2.05, 4.69) is 0 Å². The standard InChI is InChI=1S/C26H28O14/c27-7-16-20(33)21(34)23(36)26(39-16)40-24-17-11(29)5-14(9-1-3-10(28)4-2-9)38-15(17)6-12(30)18(24)25-22(35)19(32)13(31)8-37-25/h1-6,13,16,19-23,25-28,30-36H,7-8H2. The summed E-state index contributed by atoms with van der Waals surface area (Å²) in [5.41, 5.74) is -0.911. The Bertz CT molecular complexity index is 1420. The van der Waals surface area contributed by atoms with Gasteiger partial charge < -0.3 is 64.6 Å². The fraction of sp³-hybridized carbons (Fsp3) is 0.423. The van der Waals surface area contributed by atoms with Crippen molar-refractivity contribution in [3.05, 3.63) is 52.2 Å². The van der Waals surface area contributed by atoms with Gasteiger partial charge in [-0.25, -0.2) is 0 Å². The quantitative estimate of drug-likeness (QED) is 0.166. The fourth-order valence-corrected chi connectivity index (χ4v) is 4.80. The van der Waals surface area contributed by atoms with Gasteiger partial charge in [0.15, 0.2) is 5.43 Å². The molecule has 0 radical (unpaired) electrons. The van der Waals surface area contributed by atoms with E-state index >= 15 is 0 Å². The number of phenolic OH excluding ortho intramolecular Hbond substituents is 2. The van der Waals surface area contributed by atoms with Gasteiger partial charge in [-0.2, -0.15) is 0 Å². The molecule has 40 heavy (non-hydrogen) atoms. The Morgan fingerprint density at radius 2 is 1.57 bits per heavy atom. The van der Waals surface area contributed by atoms with Crippen LogP contribution in [0.15, 0.2) is 45.6 Å². The molecule has 2 aliphatic heterocycles. The number of rotatable bonds is 5. The molecule has 5 rings (SSSR count). The van der Waals surface area contributed by atoms with Gasteiger partial charge in [0.1, 0.15) is 82.8 Å². The Morgan fingerprint density at radius 1 is 0.875 bits per heavy atom. The van der Waals surface area contributed by atoms with E-state index in [0.717, 1.165) is 12.1 Å². The van der Waals surface area contributed by atoms with Gasteiger partial charge in [-0.05, 0) is 24.3 Å². The van der Waals surface area contributed by atoms with E-state index in [1.54, 1.807) is 0 Å². The van der Waals surface area contributed by atoms with Crippen molar-refractivity contribution in [3.8, 4) is 28.6 Å². The van der Waals surface area contributed by atoms with Crippen molar-refractivity contribution in [2.24, 2.45) is 0 Å². The fourth-order valence-electron chi connectivity index (χ4n) is 4.80. The van der Waals surface area contributed by atoms with Crippen molar-refractivity contribution in [3.63, 3.8) is 0 Å². The molecule has 2 aromatic carbocycles. The smallest absolute Gasteiger partial charge is 0.229 e. The molecule has 2 saturated heterocycles. The van der Waals surface area contributed by atoms with Crippen LogP contribution in [0.3, 0.4) is 0 Å². The number of hydrogen-bond donors (Lipinski definition) is 9. The van der Waals surface area contributed by atoms with Crippen LogP contribution in [0.25, 0.3) is 22.3 Å². The molecule has 3 aromatic rings. The highest BCUT2D eigenvalue weighted by Crippen LogP contribution is 2.45. The predicted octanol–water partition coefficient (Wildman–Crippen LogP) is -1.80. The molecule has 0 aliphatic carbocycles. The van der Waals surface area contributed by atoms with Crippen LogP contribution in [0.2, 0.25) is 0 Å². The number of aromatic hydroxyl groups is 2. The van der Waals surface area contributed by atoms with Crippen LogP contribution in [-0.2, 0) is 9.47 Å². The highest BCUT2D eigenvalue weighted by atomic mass is 16.7. The van der Waals surface area contributed by atoms with E-state index in [4.69, 9.17) is 18.6 Å². The summed E-state index contributed by atoms with van der Waals surface area (Å²) < 4.78 is 22.5. The second kappa shape index (κ2) is 10.9. The van der Waals surface area contributed by atoms with Gasteiger partial charge in [0.25, 0.3) is 0 Å². The topological polar surface area (TPSA) is 240 Å². The van der Waals surface area contributed by atoms with E-state index in [1.165, 1.54) is 24.3 Å². The zero-order valence-corrected chi connectivity index (χ0v) is 20.6. The number of fused-ring (bicyclic) bond motifs is 1. The van der Waals surface area contributed by atoms with E-state index < -0.39 is 85.3 Å². The predicted molar refractivity (Wildman–Crippen MR) is 132 cm³/mol. The third-order valence-electron chi connectivity index (χ3n) is 7.01. The molecule has 9 atom stereocenters. The van der Waals surface area contributed by atoms with Crippen molar-refractivity contribution in [1.29, 1.82) is 0 Å². The first kappa shape index (κ1) is 28.2. The summed E-state index contributed by atoms with van der Waals surface area (Å²) in [6, 6.07) is 7.84. The first-order valence-corrected chi connectivity index (χ1v) is 12.3. The summed E-state index contributed by atoms with van der Waals surface area (Å²) in [5.74, 6) is -1.12. The highest BCUT2D eigenvalue weighted by Gasteiger charge is 2.47. The first-order valence-electron chi connectivity index (χ1n) is 12.3. The Balaban J connectivity index is 1.69. The third-order valence-corrected chi connectivity index (χ3v) is 7.01. The van der Waals surface area contributed by atoms with E-state index in [1.807, 2.05) is 0 Å². The van der Waals surface area contributed by atoms with Crippen molar-refractivity contribution in [2.75, 3.05) is 13.2 Å². The Labute approximate surface area is 225 Å². The third kappa shape index (κ3) is 4.89. The van der Waals surface area contributed by atoms with Crippen molar-refractivity contribution >= 4 is 11.0 Å². The van der Waals surface area contributed by atoms with E-state index in [9.17, 15) is 50.8 Å². The summed E-state index contributed by atoms with van der Waals surface area (Å²) >= 11 is 0. The summed E-state index contributed by atoms with van der Waals surface area (Å²) in [4.78, 5) is 13.5. The van der Waals surface area contributed by atoms with Crippen molar-refractivity contribution in [1.82, 2.24) is 0 Å².